The molecule has 90 valence electrons. The van der Waals surface area contributed by atoms with Crippen LogP contribution in [-0.4, -0.2) is 30.2 Å². The van der Waals surface area contributed by atoms with E-state index < -0.39 is 0 Å². The van der Waals surface area contributed by atoms with Gasteiger partial charge in [0.15, 0.2) is 0 Å². The fourth-order valence-electron chi connectivity index (χ4n) is 1.25. The number of nitrogens with one attached hydrogen (secondary N) is 1. The maximum absolute atomic E-state index is 4.96. The number of methoxy groups -OCH3 is 1. The Balaban J connectivity index is 2.54. The number of hydrogen-bond acceptors (Lipinski definition) is 4. The van der Waals surface area contributed by atoms with Gasteiger partial charge in [-0.2, -0.15) is 0 Å². The lowest BCUT2D eigenvalue weighted by Crippen LogP contribution is -2.21. The van der Waals surface area contributed by atoms with Crippen LogP contribution in [0.1, 0.15) is 32.3 Å². The van der Waals surface area contributed by atoms with Crippen LogP contribution in [0.15, 0.2) is 12.3 Å². The Kier molecular flexibility index (Phi) is 4.83. The van der Waals surface area contributed by atoms with E-state index in [9.17, 15) is 0 Å². The molecule has 1 N–H and O–H groups in total. The lowest BCUT2D eigenvalue weighted by Gasteiger charge is -2.16. The van der Waals surface area contributed by atoms with Crippen molar-refractivity contribution in [3.63, 3.8) is 0 Å². The molecule has 0 unspecified atom stereocenters. The number of nitrogens with zero attached hydrogens (tertiary/aromatic N) is 2. The fraction of sp³-hybridized carbons (Fsp3) is 0.667. The lowest BCUT2D eigenvalue weighted by molar-refractivity contribution is 0.199. The largest absolute Gasteiger partial charge is 0.383 e. The zero-order chi connectivity index (χ0) is 12.0. The molecule has 1 aromatic rings. The van der Waals surface area contributed by atoms with Crippen molar-refractivity contribution in [2.45, 2.75) is 32.7 Å². The van der Waals surface area contributed by atoms with E-state index in [1.54, 1.807) is 7.11 Å². The van der Waals surface area contributed by atoms with Gasteiger partial charge in [0.25, 0.3) is 0 Å². The smallest absolute Gasteiger partial charge is 0.133 e. The summed E-state index contributed by atoms with van der Waals surface area (Å²) in [5, 5.41) is 3.27. The first-order valence-electron chi connectivity index (χ1n) is 5.56. The van der Waals surface area contributed by atoms with Gasteiger partial charge in [-0.3, -0.25) is 0 Å². The summed E-state index contributed by atoms with van der Waals surface area (Å²) in [7, 11) is 1.70. The zero-order valence-corrected chi connectivity index (χ0v) is 10.6. The summed E-state index contributed by atoms with van der Waals surface area (Å²) in [6, 6.07) is 1.94. The predicted octanol–water partition coefficient (Wildman–Crippen LogP) is 1.51. The van der Waals surface area contributed by atoms with Crippen molar-refractivity contribution in [1.29, 1.82) is 0 Å². The summed E-state index contributed by atoms with van der Waals surface area (Å²) in [4.78, 5) is 8.82. The van der Waals surface area contributed by atoms with E-state index in [2.05, 4.69) is 36.1 Å². The molecular formula is C12H21N3O. The number of aromatic nitrogens is 2. The number of ether oxygens (including phenoxy) is 1. The van der Waals surface area contributed by atoms with Crippen molar-refractivity contribution in [2.24, 2.45) is 0 Å². The highest BCUT2D eigenvalue weighted by Gasteiger charge is 2.16. The summed E-state index contributed by atoms with van der Waals surface area (Å²) in [5.41, 5.74) is 1.03. The third-order valence-electron chi connectivity index (χ3n) is 2.17. The predicted molar refractivity (Wildman–Crippen MR) is 64.3 cm³/mol. The van der Waals surface area contributed by atoms with E-state index in [1.807, 2.05) is 12.3 Å². The molecule has 0 aliphatic carbocycles. The molecular weight excluding hydrogens is 202 g/mol. The third kappa shape index (κ3) is 4.24. The second-order valence-electron chi connectivity index (χ2n) is 4.79. The first kappa shape index (κ1) is 13.1. The normalized spacial score (nSPS) is 11.8. The number of hydrogen-bond donors (Lipinski definition) is 1. The topological polar surface area (TPSA) is 47.0 Å². The molecule has 4 nitrogen and oxygen atoms in total. The maximum Gasteiger partial charge on any atom is 0.133 e. The minimum atomic E-state index is 0.00252. The first-order chi connectivity index (χ1) is 7.54. The van der Waals surface area contributed by atoms with Gasteiger partial charge in [0, 0.05) is 31.8 Å². The van der Waals surface area contributed by atoms with E-state index >= 15 is 0 Å². The molecule has 0 aliphatic heterocycles. The Morgan fingerprint density at radius 2 is 2.12 bits per heavy atom. The third-order valence-corrected chi connectivity index (χ3v) is 2.17. The van der Waals surface area contributed by atoms with Crippen LogP contribution in [0.2, 0.25) is 0 Å². The molecule has 1 rings (SSSR count). The maximum atomic E-state index is 4.96. The van der Waals surface area contributed by atoms with E-state index in [0.29, 0.717) is 0 Å². The SMILES string of the molecule is COCCNCc1ccnc(C(C)(C)C)n1. The summed E-state index contributed by atoms with van der Waals surface area (Å²) in [6.45, 7) is 8.66. The highest BCUT2D eigenvalue weighted by atomic mass is 16.5. The van der Waals surface area contributed by atoms with Crippen molar-refractivity contribution < 1.29 is 4.74 Å². The minimum Gasteiger partial charge on any atom is -0.383 e. The van der Waals surface area contributed by atoms with Gasteiger partial charge >= 0.3 is 0 Å². The van der Waals surface area contributed by atoms with Gasteiger partial charge in [0.2, 0.25) is 0 Å². The molecule has 1 heterocycles. The highest BCUT2D eigenvalue weighted by molar-refractivity contribution is 5.08. The second-order valence-corrected chi connectivity index (χ2v) is 4.79. The Morgan fingerprint density at radius 1 is 1.38 bits per heavy atom. The van der Waals surface area contributed by atoms with Crippen molar-refractivity contribution in [3.05, 3.63) is 23.8 Å². The molecule has 0 saturated carbocycles. The molecule has 1 aromatic heterocycles. The molecule has 0 aromatic carbocycles. The highest BCUT2D eigenvalue weighted by Crippen LogP contribution is 2.17. The quantitative estimate of drug-likeness (QED) is 0.769. The lowest BCUT2D eigenvalue weighted by atomic mass is 9.96. The van der Waals surface area contributed by atoms with Gasteiger partial charge < -0.3 is 10.1 Å². The summed E-state index contributed by atoms with van der Waals surface area (Å²) in [5.74, 6) is 0.888. The van der Waals surface area contributed by atoms with Gasteiger partial charge in [0.1, 0.15) is 5.82 Å². The van der Waals surface area contributed by atoms with Crippen LogP contribution < -0.4 is 5.32 Å². The van der Waals surface area contributed by atoms with Crippen LogP contribution in [0.3, 0.4) is 0 Å². The van der Waals surface area contributed by atoms with Gasteiger partial charge in [-0.15, -0.1) is 0 Å². The van der Waals surface area contributed by atoms with Crippen LogP contribution in [0.4, 0.5) is 0 Å². The molecule has 0 aliphatic rings. The molecule has 4 heteroatoms. The van der Waals surface area contributed by atoms with Crippen LogP contribution in [0, 0.1) is 0 Å². The molecule has 0 amide bonds. The summed E-state index contributed by atoms with van der Waals surface area (Å²) >= 11 is 0. The van der Waals surface area contributed by atoms with Crippen molar-refractivity contribution in [1.82, 2.24) is 15.3 Å². The summed E-state index contributed by atoms with van der Waals surface area (Å²) < 4.78 is 4.96. The molecule has 0 atom stereocenters. The van der Waals surface area contributed by atoms with Gasteiger partial charge in [-0.25, -0.2) is 9.97 Å². The molecule has 0 spiro atoms. The molecule has 16 heavy (non-hydrogen) atoms. The van der Waals surface area contributed by atoms with Crippen molar-refractivity contribution >= 4 is 0 Å². The Morgan fingerprint density at radius 3 is 2.75 bits per heavy atom. The summed E-state index contributed by atoms with van der Waals surface area (Å²) in [6.07, 6.45) is 1.82. The van der Waals surface area contributed by atoms with Crippen molar-refractivity contribution in [2.75, 3.05) is 20.3 Å². The van der Waals surface area contributed by atoms with Crippen LogP contribution in [0.5, 0.6) is 0 Å². The average Bonchev–Trinajstić information content (AvgIpc) is 2.24. The van der Waals surface area contributed by atoms with Crippen molar-refractivity contribution in [3.8, 4) is 0 Å². The number of rotatable bonds is 5. The fourth-order valence-corrected chi connectivity index (χ4v) is 1.25. The molecule has 0 bridgehead atoms. The minimum absolute atomic E-state index is 0.00252. The Bertz CT molecular complexity index is 320. The monoisotopic (exact) mass is 223 g/mol. The van der Waals surface area contributed by atoms with Crippen LogP contribution in [-0.2, 0) is 16.7 Å². The van der Waals surface area contributed by atoms with E-state index in [0.717, 1.165) is 31.2 Å². The van der Waals surface area contributed by atoms with Crippen LogP contribution >= 0.6 is 0 Å². The van der Waals surface area contributed by atoms with Gasteiger partial charge in [0.05, 0.1) is 12.3 Å². The van der Waals surface area contributed by atoms with Gasteiger partial charge in [-0.05, 0) is 6.07 Å². The molecule has 0 saturated heterocycles. The standard InChI is InChI=1S/C12H21N3O/c1-12(2,3)11-14-6-5-10(15-11)9-13-7-8-16-4/h5-6,13H,7-9H2,1-4H3. The average molecular weight is 223 g/mol. The molecule has 0 fully saturated rings. The van der Waals surface area contributed by atoms with E-state index in [1.165, 1.54) is 0 Å². The second kappa shape index (κ2) is 5.92. The Labute approximate surface area is 97.5 Å². The van der Waals surface area contributed by atoms with E-state index in [4.69, 9.17) is 4.74 Å². The Hall–Kier alpha value is -1.00. The molecule has 0 radical (unpaired) electrons. The van der Waals surface area contributed by atoms with E-state index in [-0.39, 0.29) is 5.41 Å². The first-order valence-corrected chi connectivity index (χ1v) is 5.56. The van der Waals surface area contributed by atoms with Gasteiger partial charge in [-0.1, -0.05) is 20.8 Å². The zero-order valence-electron chi connectivity index (χ0n) is 10.6. The van der Waals surface area contributed by atoms with Crippen LogP contribution in [0.25, 0.3) is 0 Å².